The van der Waals surface area contributed by atoms with Crippen LogP contribution in [0.25, 0.3) is 22.0 Å². The second-order valence-electron chi connectivity index (χ2n) is 8.01. The lowest BCUT2D eigenvalue weighted by Crippen LogP contribution is -2.00. The molecule has 160 valence electrons. The zero-order valence-electron chi connectivity index (χ0n) is 17.2. The Morgan fingerprint density at radius 2 is 1.72 bits per heavy atom. The van der Waals surface area contributed by atoms with Crippen LogP contribution in [-0.2, 0) is 6.54 Å². The van der Waals surface area contributed by atoms with E-state index in [0.29, 0.717) is 12.5 Å². The van der Waals surface area contributed by atoms with E-state index in [1.165, 1.54) is 0 Å². The van der Waals surface area contributed by atoms with Gasteiger partial charge in [0, 0.05) is 35.8 Å². The highest BCUT2D eigenvalue weighted by Crippen LogP contribution is 2.41. The standard InChI is InChI=1S/C26H21Cl2N3O/c27-22-11-18(12-23(28)26(22)32)17-5-8-24-21(10-17)25(19(14-30-24)9-15-1-2-15)31-20-6-3-16(13-29)4-7-20/h3-8,10-12,14-15,32H,1-2,13,29H2,(H,30,31). The molecule has 1 heterocycles. The second-order valence-corrected chi connectivity index (χ2v) is 8.83. The molecule has 1 aliphatic rings. The van der Waals surface area contributed by atoms with Crippen molar-refractivity contribution in [2.24, 2.45) is 11.7 Å². The van der Waals surface area contributed by atoms with Crippen molar-refractivity contribution in [2.45, 2.75) is 19.4 Å². The molecule has 0 atom stereocenters. The van der Waals surface area contributed by atoms with Crippen LogP contribution in [0.4, 0.5) is 11.4 Å². The number of nitrogens with zero attached hydrogens (tertiary/aromatic N) is 1. The summed E-state index contributed by atoms with van der Waals surface area (Å²) < 4.78 is 0. The molecule has 6 heteroatoms. The van der Waals surface area contributed by atoms with Gasteiger partial charge >= 0.3 is 0 Å². The van der Waals surface area contributed by atoms with Crippen LogP contribution in [0.1, 0.15) is 24.0 Å². The van der Waals surface area contributed by atoms with E-state index in [0.717, 1.165) is 57.4 Å². The molecule has 1 fully saturated rings. The lowest BCUT2D eigenvalue weighted by molar-refractivity contribution is 0.476. The molecule has 1 aromatic heterocycles. The Balaban J connectivity index is 1.63. The van der Waals surface area contributed by atoms with E-state index in [-0.39, 0.29) is 15.8 Å². The zero-order chi connectivity index (χ0) is 22.2. The summed E-state index contributed by atoms with van der Waals surface area (Å²) in [6.07, 6.45) is 7.78. The number of hydrogen-bond donors (Lipinski definition) is 3. The highest BCUT2D eigenvalue weighted by atomic mass is 35.5. The maximum atomic E-state index is 9.92. The molecule has 0 bridgehead atoms. The number of fused-ring (bicyclic) bond motifs is 1. The van der Waals surface area contributed by atoms with E-state index in [4.69, 9.17) is 28.9 Å². The Morgan fingerprint density at radius 3 is 2.38 bits per heavy atom. The van der Waals surface area contributed by atoms with Crippen molar-refractivity contribution in [3.63, 3.8) is 0 Å². The minimum absolute atomic E-state index is 0.112. The van der Waals surface area contributed by atoms with Gasteiger partial charge in [-0.05, 0) is 71.8 Å². The Morgan fingerprint density at radius 1 is 1.00 bits per heavy atom. The van der Waals surface area contributed by atoms with Crippen LogP contribution in [0.3, 0.4) is 0 Å². The molecule has 4 nitrogen and oxygen atoms in total. The van der Waals surface area contributed by atoms with E-state index in [1.54, 1.807) is 12.1 Å². The number of anilines is 2. The van der Waals surface area contributed by atoms with Gasteiger partial charge < -0.3 is 16.2 Å². The number of phenolic OH excluding ortho intramolecular Hbond substituents is 1. The first-order chi connectivity index (χ1) is 15.5. The van der Waals surface area contributed by atoms with Crippen LogP contribution in [0, 0.1) is 12.3 Å². The van der Waals surface area contributed by atoms with Gasteiger partial charge in [-0.15, -0.1) is 0 Å². The highest BCUT2D eigenvalue weighted by Gasteiger charge is 2.25. The first kappa shape index (κ1) is 21.1. The number of aromatic hydroxyl groups is 1. The minimum Gasteiger partial charge on any atom is -0.505 e. The predicted octanol–water partition coefficient (Wildman–Crippen LogP) is 6.96. The summed E-state index contributed by atoms with van der Waals surface area (Å²) in [7, 11) is 0. The first-order valence-electron chi connectivity index (χ1n) is 10.5. The molecule has 2 radical (unpaired) electrons. The molecule has 0 amide bonds. The maximum Gasteiger partial charge on any atom is 0.152 e. The van der Waals surface area contributed by atoms with E-state index < -0.39 is 0 Å². The average Bonchev–Trinajstić information content (AvgIpc) is 3.63. The lowest BCUT2D eigenvalue weighted by atomic mass is 9.99. The number of pyridine rings is 1. The quantitative estimate of drug-likeness (QED) is 0.290. The lowest BCUT2D eigenvalue weighted by Gasteiger charge is -2.16. The first-order valence-corrected chi connectivity index (χ1v) is 11.2. The molecule has 4 N–H and O–H groups in total. The topological polar surface area (TPSA) is 71.2 Å². The van der Waals surface area contributed by atoms with Crippen LogP contribution in [0.15, 0.2) is 60.8 Å². The van der Waals surface area contributed by atoms with Gasteiger partial charge in [-0.3, -0.25) is 4.98 Å². The van der Waals surface area contributed by atoms with Crippen LogP contribution >= 0.6 is 23.2 Å². The number of nitrogens with one attached hydrogen (secondary N) is 1. The van der Waals surface area contributed by atoms with Crippen molar-refractivity contribution in [3.8, 4) is 16.9 Å². The van der Waals surface area contributed by atoms with Crippen molar-refractivity contribution in [2.75, 3.05) is 5.32 Å². The fourth-order valence-electron chi connectivity index (χ4n) is 3.66. The number of hydrogen-bond acceptors (Lipinski definition) is 4. The fraction of sp³-hybridized carbons (Fsp3) is 0.154. The van der Waals surface area contributed by atoms with Gasteiger partial charge in [-0.25, -0.2) is 0 Å². The number of halogens is 2. The molecule has 4 aromatic rings. The molecule has 5 rings (SSSR count). The van der Waals surface area contributed by atoms with Crippen molar-refractivity contribution >= 4 is 45.5 Å². The number of nitrogens with two attached hydrogens (primary N) is 1. The maximum absolute atomic E-state index is 9.92. The molecule has 0 aliphatic heterocycles. The van der Waals surface area contributed by atoms with E-state index in [9.17, 15) is 5.11 Å². The van der Waals surface area contributed by atoms with Gasteiger partial charge in [-0.1, -0.05) is 41.4 Å². The molecule has 1 aliphatic carbocycles. The monoisotopic (exact) mass is 461 g/mol. The van der Waals surface area contributed by atoms with Gasteiger partial charge in [0.2, 0.25) is 0 Å². The third kappa shape index (κ3) is 4.26. The second kappa shape index (κ2) is 8.62. The summed E-state index contributed by atoms with van der Waals surface area (Å²) in [6, 6.07) is 17.5. The van der Waals surface area contributed by atoms with Crippen molar-refractivity contribution in [1.82, 2.24) is 4.98 Å². The fourth-order valence-corrected chi connectivity index (χ4v) is 4.15. The van der Waals surface area contributed by atoms with Crippen molar-refractivity contribution < 1.29 is 5.11 Å². The Hall–Kier alpha value is -2.79. The zero-order valence-corrected chi connectivity index (χ0v) is 18.7. The van der Waals surface area contributed by atoms with Gasteiger partial charge in [0.15, 0.2) is 5.75 Å². The summed E-state index contributed by atoms with van der Waals surface area (Å²) >= 11 is 12.3. The minimum atomic E-state index is -0.112. The molecule has 1 saturated carbocycles. The predicted molar refractivity (Wildman–Crippen MR) is 132 cm³/mol. The number of benzene rings is 3. The number of phenols is 1. The summed E-state index contributed by atoms with van der Waals surface area (Å²) in [5.41, 5.74) is 12.3. The van der Waals surface area contributed by atoms with Gasteiger partial charge in [0.05, 0.1) is 21.2 Å². The van der Waals surface area contributed by atoms with Crippen LogP contribution < -0.4 is 11.1 Å². The van der Waals surface area contributed by atoms with Gasteiger partial charge in [-0.2, -0.15) is 0 Å². The molecule has 32 heavy (non-hydrogen) atoms. The van der Waals surface area contributed by atoms with Crippen molar-refractivity contribution in [1.29, 1.82) is 0 Å². The Bertz CT molecular complexity index is 1280. The smallest absolute Gasteiger partial charge is 0.152 e. The van der Waals surface area contributed by atoms with Crippen LogP contribution in [-0.4, -0.2) is 10.1 Å². The molecular formula is C26H21Cl2N3O. The third-order valence-corrected chi connectivity index (χ3v) is 6.19. The van der Waals surface area contributed by atoms with E-state index in [1.807, 2.05) is 42.6 Å². The Labute approximate surface area is 197 Å². The summed E-state index contributed by atoms with van der Waals surface area (Å²) in [6.45, 7) is 0.508. The number of rotatable bonds is 6. The molecule has 0 spiro atoms. The SMILES string of the molecule is NCc1ccc(Nc2c([C]C3CC3)cnc3ccc(-c4cc(Cl)c(O)c(Cl)c4)cc23)cc1. The summed E-state index contributed by atoms with van der Waals surface area (Å²) in [5.74, 6) is 0.367. The highest BCUT2D eigenvalue weighted by molar-refractivity contribution is 6.37. The molecule has 0 saturated heterocycles. The van der Waals surface area contributed by atoms with Crippen LogP contribution in [0.5, 0.6) is 5.75 Å². The van der Waals surface area contributed by atoms with Crippen LogP contribution in [0.2, 0.25) is 10.0 Å². The molecule has 3 aromatic carbocycles. The van der Waals surface area contributed by atoms with Gasteiger partial charge in [0.1, 0.15) is 0 Å². The van der Waals surface area contributed by atoms with E-state index >= 15 is 0 Å². The van der Waals surface area contributed by atoms with Gasteiger partial charge in [0.25, 0.3) is 0 Å². The number of aromatic nitrogens is 1. The largest absolute Gasteiger partial charge is 0.505 e. The molecule has 0 unspecified atom stereocenters. The normalized spacial score (nSPS) is 13.5. The average molecular weight is 462 g/mol. The third-order valence-electron chi connectivity index (χ3n) is 5.61. The van der Waals surface area contributed by atoms with Crippen molar-refractivity contribution in [3.05, 3.63) is 88.4 Å². The summed E-state index contributed by atoms with van der Waals surface area (Å²) in [4.78, 5) is 4.66. The molecular weight excluding hydrogens is 441 g/mol. The van der Waals surface area contributed by atoms with E-state index in [2.05, 4.69) is 22.8 Å². The Kier molecular flexibility index (Phi) is 5.68. The summed E-state index contributed by atoms with van der Waals surface area (Å²) in [5, 5.41) is 14.9.